The van der Waals surface area contributed by atoms with Gasteiger partial charge >= 0.3 is 0 Å². The molecule has 2 aromatic carbocycles. The number of carbonyl (C=O) groups excluding carboxylic acids is 1. The van der Waals surface area contributed by atoms with Gasteiger partial charge in [0.2, 0.25) is 0 Å². The van der Waals surface area contributed by atoms with Crippen molar-refractivity contribution in [3.63, 3.8) is 0 Å². The fourth-order valence-corrected chi connectivity index (χ4v) is 3.09. The number of pyridine rings is 1. The number of nitrogens with zero attached hydrogens (tertiary/aromatic N) is 3. The highest BCUT2D eigenvalue weighted by Crippen LogP contribution is 2.14. The average molecular weight is 388 g/mol. The SMILES string of the molecule is O=C(NCc1nn(Cc2ccccn2)c(=O)c2ccccc12)c1ccccc1F. The van der Waals surface area contributed by atoms with E-state index in [1.54, 1.807) is 42.6 Å². The van der Waals surface area contributed by atoms with Crippen molar-refractivity contribution in [2.45, 2.75) is 13.1 Å². The zero-order chi connectivity index (χ0) is 20.2. The summed E-state index contributed by atoms with van der Waals surface area (Å²) in [5, 5.41) is 8.26. The molecule has 144 valence electrons. The van der Waals surface area contributed by atoms with Gasteiger partial charge in [0.25, 0.3) is 11.5 Å². The van der Waals surface area contributed by atoms with Crippen molar-refractivity contribution < 1.29 is 9.18 Å². The molecule has 0 fully saturated rings. The van der Waals surface area contributed by atoms with E-state index >= 15 is 0 Å². The van der Waals surface area contributed by atoms with Crippen molar-refractivity contribution in [2.75, 3.05) is 0 Å². The molecule has 7 heteroatoms. The van der Waals surface area contributed by atoms with Crippen LogP contribution in [0.4, 0.5) is 4.39 Å². The summed E-state index contributed by atoms with van der Waals surface area (Å²) in [6, 6.07) is 18.3. The van der Waals surface area contributed by atoms with Crippen LogP contribution >= 0.6 is 0 Å². The lowest BCUT2D eigenvalue weighted by Crippen LogP contribution is -2.29. The van der Waals surface area contributed by atoms with E-state index in [2.05, 4.69) is 15.4 Å². The largest absolute Gasteiger partial charge is 0.346 e. The van der Waals surface area contributed by atoms with Crippen LogP contribution in [0.15, 0.2) is 77.7 Å². The fourth-order valence-electron chi connectivity index (χ4n) is 3.09. The van der Waals surface area contributed by atoms with Crippen LogP contribution in [0, 0.1) is 5.82 Å². The highest BCUT2D eigenvalue weighted by Gasteiger charge is 2.14. The molecule has 2 aromatic heterocycles. The monoisotopic (exact) mass is 388 g/mol. The molecule has 4 aromatic rings. The second-order valence-electron chi connectivity index (χ2n) is 6.44. The van der Waals surface area contributed by atoms with Crippen molar-refractivity contribution in [1.29, 1.82) is 0 Å². The van der Waals surface area contributed by atoms with Crippen molar-refractivity contribution >= 4 is 16.7 Å². The molecule has 0 aliphatic rings. The van der Waals surface area contributed by atoms with Crippen LogP contribution < -0.4 is 10.9 Å². The van der Waals surface area contributed by atoms with Gasteiger partial charge in [-0.25, -0.2) is 9.07 Å². The average Bonchev–Trinajstić information content (AvgIpc) is 2.76. The molecular formula is C22H17FN4O2. The summed E-state index contributed by atoms with van der Waals surface area (Å²) in [5.41, 5.74) is 0.925. The minimum absolute atomic E-state index is 0.0430. The molecule has 1 N–H and O–H groups in total. The van der Waals surface area contributed by atoms with E-state index in [1.807, 2.05) is 12.1 Å². The lowest BCUT2D eigenvalue weighted by Gasteiger charge is -2.12. The summed E-state index contributed by atoms with van der Waals surface area (Å²) >= 11 is 0. The van der Waals surface area contributed by atoms with Crippen LogP contribution in [0.25, 0.3) is 10.8 Å². The number of benzene rings is 2. The maximum atomic E-state index is 13.8. The number of hydrogen-bond donors (Lipinski definition) is 1. The van der Waals surface area contributed by atoms with Gasteiger partial charge < -0.3 is 5.32 Å². The number of aromatic nitrogens is 3. The van der Waals surface area contributed by atoms with Crippen LogP contribution in [0.3, 0.4) is 0 Å². The van der Waals surface area contributed by atoms with Crippen molar-refractivity contribution in [1.82, 2.24) is 20.1 Å². The number of hydrogen-bond acceptors (Lipinski definition) is 4. The zero-order valence-electron chi connectivity index (χ0n) is 15.4. The quantitative estimate of drug-likeness (QED) is 0.570. The maximum Gasteiger partial charge on any atom is 0.275 e. The molecule has 1 amide bonds. The van der Waals surface area contributed by atoms with Crippen LogP contribution in [0.2, 0.25) is 0 Å². The van der Waals surface area contributed by atoms with Gasteiger partial charge in [0.15, 0.2) is 0 Å². The second kappa shape index (κ2) is 8.02. The Kier molecular flexibility index (Phi) is 5.11. The number of nitrogens with one attached hydrogen (secondary N) is 1. The van der Waals surface area contributed by atoms with E-state index in [9.17, 15) is 14.0 Å². The minimum atomic E-state index is -0.595. The van der Waals surface area contributed by atoms with Gasteiger partial charge in [-0.1, -0.05) is 36.4 Å². The van der Waals surface area contributed by atoms with E-state index in [-0.39, 0.29) is 24.2 Å². The summed E-state index contributed by atoms with van der Waals surface area (Å²) < 4.78 is 15.2. The molecule has 0 bridgehead atoms. The van der Waals surface area contributed by atoms with Gasteiger partial charge in [0.05, 0.1) is 35.4 Å². The first kappa shape index (κ1) is 18.5. The van der Waals surface area contributed by atoms with Gasteiger partial charge in [-0.3, -0.25) is 14.6 Å². The van der Waals surface area contributed by atoms with Gasteiger partial charge in [-0.15, -0.1) is 0 Å². The standard InChI is InChI=1S/C22H17FN4O2/c23-19-11-4-3-10-18(19)21(28)25-13-20-16-8-1-2-9-17(16)22(29)27(26-20)14-15-7-5-6-12-24-15/h1-12H,13-14H2,(H,25,28). The van der Waals surface area contributed by atoms with Crippen molar-refractivity contribution in [2.24, 2.45) is 0 Å². The molecule has 0 aliphatic carbocycles. The third-order valence-corrected chi connectivity index (χ3v) is 4.52. The lowest BCUT2D eigenvalue weighted by molar-refractivity contribution is 0.0946. The predicted octanol–water partition coefficient (Wildman–Crippen LogP) is 2.91. The molecule has 29 heavy (non-hydrogen) atoms. The second-order valence-corrected chi connectivity index (χ2v) is 6.44. The first-order valence-electron chi connectivity index (χ1n) is 9.05. The van der Waals surface area contributed by atoms with E-state index in [0.29, 0.717) is 22.2 Å². The van der Waals surface area contributed by atoms with Crippen molar-refractivity contribution in [3.8, 4) is 0 Å². The fraction of sp³-hybridized carbons (Fsp3) is 0.0909. The summed E-state index contributed by atoms with van der Waals surface area (Å²) in [4.78, 5) is 29.4. The van der Waals surface area contributed by atoms with Gasteiger partial charge in [-0.05, 0) is 30.3 Å². The third kappa shape index (κ3) is 3.89. The molecule has 0 saturated heterocycles. The Bertz CT molecular complexity index is 1240. The highest BCUT2D eigenvalue weighted by molar-refractivity contribution is 5.94. The predicted molar refractivity (Wildman–Crippen MR) is 107 cm³/mol. The molecule has 0 spiro atoms. The summed E-state index contributed by atoms with van der Waals surface area (Å²) in [6.07, 6.45) is 1.65. The van der Waals surface area contributed by atoms with Gasteiger partial charge in [-0.2, -0.15) is 5.10 Å². The maximum absolute atomic E-state index is 13.8. The molecule has 0 saturated carbocycles. The number of carbonyl (C=O) groups is 1. The van der Waals surface area contributed by atoms with Crippen LogP contribution in [-0.4, -0.2) is 20.7 Å². The summed E-state index contributed by atoms with van der Waals surface area (Å²) in [7, 11) is 0. The van der Waals surface area contributed by atoms with E-state index < -0.39 is 11.7 Å². The third-order valence-electron chi connectivity index (χ3n) is 4.52. The number of fused-ring (bicyclic) bond motifs is 1. The Balaban J connectivity index is 1.68. The van der Waals surface area contributed by atoms with Crippen LogP contribution in [0.5, 0.6) is 0 Å². The number of halogens is 1. The molecule has 0 atom stereocenters. The Hall–Kier alpha value is -3.87. The van der Waals surface area contributed by atoms with Crippen molar-refractivity contribution in [3.05, 3.63) is 106 Å². The number of rotatable bonds is 5. The van der Waals surface area contributed by atoms with Crippen LogP contribution in [0.1, 0.15) is 21.7 Å². The minimum Gasteiger partial charge on any atom is -0.346 e. The smallest absolute Gasteiger partial charge is 0.275 e. The van der Waals surface area contributed by atoms with Gasteiger partial charge in [0, 0.05) is 11.6 Å². The topological polar surface area (TPSA) is 76.9 Å². The Labute approximate surface area is 165 Å². The first-order chi connectivity index (χ1) is 14.1. The molecule has 6 nitrogen and oxygen atoms in total. The molecule has 0 aliphatic heterocycles. The lowest BCUT2D eigenvalue weighted by atomic mass is 10.1. The Morgan fingerprint density at radius 3 is 2.45 bits per heavy atom. The Morgan fingerprint density at radius 2 is 1.69 bits per heavy atom. The molecule has 0 radical (unpaired) electrons. The molecular weight excluding hydrogens is 371 g/mol. The summed E-state index contributed by atoms with van der Waals surface area (Å²) in [6.45, 7) is 0.259. The van der Waals surface area contributed by atoms with E-state index in [4.69, 9.17) is 0 Å². The van der Waals surface area contributed by atoms with E-state index in [1.165, 1.54) is 22.9 Å². The Morgan fingerprint density at radius 1 is 0.966 bits per heavy atom. The van der Waals surface area contributed by atoms with Crippen LogP contribution in [-0.2, 0) is 13.1 Å². The number of amides is 1. The molecule has 0 unspecified atom stereocenters. The molecule has 4 rings (SSSR count). The molecule has 2 heterocycles. The highest BCUT2D eigenvalue weighted by atomic mass is 19.1. The summed E-state index contributed by atoms with van der Waals surface area (Å²) in [5.74, 6) is -1.14. The zero-order valence-corrected chi connectivity index (χ0v) is 15.4. The first-order valence-corrected chi connectivity index (χ1v) is 9.05. The van der Waals surface area contributed by atoms with E-state index in [0.717, 1.165) is 0 Å². The van der Waals surface area contributed by atoms with Gasteiger partial charge in [0.1, 0.15) is 5.82 Å². The normalized spacial score (nSPS) is 10.8.